The van der Waals surface area contributed by atoms with Crippen molar-refractivity contribution in [1.82, 2.24) is 5.32 Å². The predicted molar refractivity (Wildman–Crippen MR) is 113 cm³/mol. The Morgan fingerprint density at radius 3 is 2.46 bits per heavy atom. The molecule has 0 bridgehead atoms. The van der Waals surface area contributed by atoms with Gasteiger partial charge in [0.2, 0.25) is 15.9 Å². The fraction of sp³-hybridized carbons (Fsp3) is 0.381. The van der Waals surface area contributed by atoms with E-state index in [4.69, 9.17) is 4.74 Å². The number of aryl methyl sites for hydroxylation is 3. The van der Waals surface area contributed by atoms with E-state index in [1.165, 1.54) is 0 Å². The summed E-state index contributed by atoms with van der Waals surface area (Å²) in [5.41, 5.74) is 4.44. The number of carbonyl (C=O) groups is 1. The van der Waals surface area contributed by atoms with Crippen molar-refractivity contribution in [2.45, 2.75) is 27.7 Å². The highest BCUT2D eigenvalue weighted by Gasteiger charge is 2.22. The first-order chi connectivity index (χ1) is 13.1. The molecule has 0 spiro atoms. The van der Waals surface area contributed by atoms with Crippen molar-refractivity contribution in [3.63, 3.8) is 0 Å². The number of anilines is 1. The first-order valence-corrected chi connectivity index (χ1v) is 10.9. The summed E-state index contributed by atoms with van der Waals surface area (Å²) in [5.74, 6) is 0.401. The van der Waals surface area contributed by atoms with Crippen LogP contribution in [0.25, 0.3) is 0 Å². The zero-order valence-electron chi connectivity index (χ0n) is 17.1. The van der Waals surface area contributed by atoms with Gasteiger partial charge in [-0.05, 0) is 62.1 Å². The summed E-state index contributed by atoms with van der Waals surface area (Å²) in [5, 5.41) is 2.72. The zero-order chi connectivity index (χ0) is 20.9. The molecule has 2 aromatic rings. The van der Waals surface area contributed by atoms with E-state index in [2.05, 4.69) is 5.32 Å². The Hall–Kier alpha value is -2.54. The average Bonchev–Trinajstić information content (AvgIpc) is 2.61. The highest BCUT2D eigenvalue weighted by Crippen LogP contribution is 2.23. The Morgan fingerprint density at radius 2 is 1.79 bits per heavy atom. The molecule has 28 heavy (non-hydrogen) atoms. The smallest absolute Gasteiger partial charge is 0.240 e. The Bertz CT molecular complexity index is 955. The van der Waals surface area contributed by atoms with Gasteiger partial charge >= 0.3 is 0 Å². The lowest BCUT2D eigenvalue weighted by Gasteiger charge is -2.24. The molecule has 0 atom stereocenters. The second kappa shape index (κ2) is 9.10. The van der Waals surface area contributed by atoms with Crippen LogP contribution in [0.2, 0.25) is 0 Å². The molecular formula is C21H28N2O4S. The van der Waals surface area contributed by atoms with Crippen LogP contribution in [0.5, 0.6) is 5.75 Å². The van der Waals surface area contributed by atoms with Crippen molar-refractivity contribution in [2.24, 2.45) is 0 Å². The van der Waals surface area contributed by atoms with Gasteiger partial charge in [-0.25, -0.2) is 8.42 Å². The van der Waals surface area contributed by atoms with Crippen molar-refractivity contribution in [3.8, 4) is 5.75 Å². The number of rotatable bonds is 8. The quantitative estimate of drug-likeness (QED) is 0.687. The fourth-order valence-corrected chi connectivity index (χ4v) is 3.69. The number of ether oxygens (including phenoxy) is 1. The summed E-state index contributed by atoms with van der Waals surface area (Å²) < 4.78 is 31.3. The molecule has 0 saturated heterocycles. The first-order valence-electron chi connectivity index (χ1n) is 9.10. The molecule has 1 amide bonds. The fourth-order valence-electron chi connectivity index (χ4n) is 2.79. The van der Waals surface area contributed by atoms with Crippen LogP contribution >= 0.6 is 0 Å². The summed E-state index contributed by atoms with van der Waals surface area (Å²) in [6, 6.07) is 11.3. The highest BCUT2D eigenvalue weighted by molar-refractivity contribution is 7.92. The molecule has 0 aliphatic rings. The van der Waals surface area contributed by atoms with Crippen molar-refractivity contribution in [1.29, 1.82) is 0 Å². The summed E-state index contributed by atoms with van der Waals surface area (Å²) in [6.07, 6.45) is 1.10. The number of carbonyl (C=O) groups excluding carboxylic acids is 1. The molecule has 2 aromatic carbocycles. The van der Waals surface area contributed by atoms with Crippen molar-refractivity contribution < 1.29 is 17.9 Å². The first kappa shape index (κ1) is 21.8. The van der Waals surface area contributed by atoms with Gasteiger partial charge in [0.15, 0.2) is 0 Å². The molecule has 0 aliphatic heterocycles. The predicted octanol–water partition coefficient (Wildman–Crippen LogP) is 2.88. The lowest BCUT2D eigenvalue weighted by Crippen LogP contribution is -2.41. The normalized spacial score (nSPS) is 11.2. The third-order valence-corrected chi connectivity index (χ3v) is 5.68. The molecule has 1 N–H and O–H groups in total. The third-order valence-electron chi connectivity index (χ3n) is 4.56. The number of benzene rings is 2. The minimum absolute atomic E-state index is 0.271. The summed E-state index contributed by atoms with van der Waals surface area (Å²) in [7, 11) is -3.60. The third kappa shape index (κ3) is 5.73. The Morgan fingerprint density at radius 1 is 1.07 bits per heavy atom. The van der Waals surface area contributed by atoms with E-state index in [-0.39, 0.29) is 19.0 Å². The van der Waals surface area contributed by atoms with Crippen molar-refractivity contribution in [2.75, 3.05) is 30.3 Å². The minimum Gasteiger partial charge on any atom is -0.491 e. The lowest BCUT2D eigenvalue weighted by atomic mass is 10.1. The van der Waals surface area contributed by atoms with E-state index in [1.807, 2.05) is 58.0 Å². The van der Waals surface area contributed by atoms with E-state index in [1.54, 1.807) is 6.07 Å². The van der Waals surface area contributed by atoms with Gasteiger partial charge in [-0.2, -0.15) is 0 Å². The van der Waals surface area contributed by atoms with Crippen LogP contribution in [0.15, 0.2) is 36.4 Å². The number of nitrogens with one attached hydrogen (secondary N) is 1. The number of hydrogen-bond acceptors (Lipinski definition) is 4. The summed E-state index contributed by atoms with van der Waals surface area (Å²) in [4.78, 5) is 12.3. The molecule has 0 saturated carbocycles. The van der Waals surface area contributed by atoms with Crippen LogP contribution in [0.1, 0.15) is 22.3 Å². The van der Waals surface area contributed by atoms with E-state index < -0.39 is 10.0 Å². The van der Waals surface area contributed by atoms with Gasteiger partial charge in [-0.15, -0.1) is 0 Å². The molecule has 2 rings (SSSR count). The molecule has 6 nitrogen and oxygen atoms in total. The summed E-state index contributed by atoms with van der Waals surface area (Å²) >= 11 is 0. The van der Waals surface area contributed by atoms with Crippen LogP contribution in [-0.2, 0) is 14.8 Å². The number of nitrogens with zero attached hydrogens (tertiary/aromatic N) is 1. The van der Waals surface area contributed by atoms with Crippen LogP contribution in [0.4, 0.5) is 5.69 Å². The Balaban J connectivity index is 1.97. The standard InChI is InChI=1S/C21H28N2O4S/c1-15-9-10-17(3)19(13-15)23(28(5,25)26)14-21(24)22-11-12-27-20-8-6-7-16(2)18(20)4/h6-10,13H,11-12,14H2,1-5H3,(H,22,24). The number of hydrogen-bond donors (Lipinski definition) is 1. The maximum absolute atomic E-state index is 12.3. The lowest BCUT2D eigenvalue weighted by molar-refractivity contribution is -0.119. The van der Waals surface area contributed by atoms with Gasteiger partial charge in [-0.3, -0.25) is 9.10 Å². The molecular weight excluding hydrogens is 376 g/mol. The molecule has 0 fully saturated rings. The van der Waals surface area contributed by atoms with Gasteiger partial charge in [0, 0.05) is 0 Å². The van der Waals surface area contributed by atoms with E-state index in [0.717, 1.165) is 38.6 Å². The van der Waals surface area contributed by atoms with Crippen LogP contribution in [0.3, 0.4) is 0 Å². The molecule has 0 aromatic heterocycles. The van der Waals surface area contributed by atoms with Crippen LogP contribution in [-0.4, -0.2) is 40.3 Å². The monoisotopic (exact) mass is 404 g/mol. The maximum Gasteiger partial charge on any atom is 0.240 e. The molecule has 0 heterocycles. The molecule has 0 unspecified atom stereocenters. The Kier molecular flexibility index (Phi) is 7.07. The molecule has 7 heteroatoms. The SMILES string of the molecule is Cc1ccc(C)c(N(CC(=O)NCCOc2cccc(C)c2C)S(C)(=O)=O)c1. The minimum atomic E-state index is -3.60. The van der Waals surface area contributed by atoms with Crippen LogP contribution in [0, 0.1) is 27.7 Å². The van der Waals surface area contributed by atoms with E-state index in [9.17, 15) is 13.2 Å². The van der Waals surface area contributed by atoms with Gasteiger partial charge in [-0.1, -0.05) is 24.3 Å². The van der Waals surface area contributed by atoms with Gasteiger partial charge in [0.25, 0.3) is 0 Å². The zero-order valence-corrected chi connectivity index (χ0v) is 17.9. The largest absolute Gasteiger partial charge is 0.491 e. The van der Waals surface area contributed by atoms with E-state index in [0.29, 0.717) is 12.3 Å². The van der Waals surface area contributed by atoms with Crippen molar-refractivity contribution >= 4 is 21.6 Å². The molecule has 0 aliphatic carbocycles. The maximum atomic E-state index is 12.3. The topological polar surface area (TPSA) is 75.7 Å². The van der Waals surface area contributed by atoms with Crippen LogP contribution < -0.4 is 14.4 Å². The number of amides is 1. The number of sulfonamides is 1. The van der Waals surface area contributed by atoms with E-state index >= 15 is 0 Å². The Labute approximate surface area is 167 Å². The second-order valence-electron chi connectivity index (χ2n) is 6.96. The van der Waals surface area contributed by atoms with Crippen molar-refractivity contribution in [3.05, 3.63) is 58.7 Å². The van der Waals surface area contributed by atoms with Gasteiger partial charge < -0.3 is 10.1 Å². The second-order valence-corrected chi connectivity index (χ2v) is 8.86. The average molecular weight is 405 g/mol. The highest BCUT2D eigenvalue weighted by atomic mass is 32.2. The molecule has 0 radical (unpaired) electrons. The molecule has 152 valence electrons. The van der Waals surface area contributed by atoms with Gasteiger partial charge in [0.1, 0.15) is 18.9 Å². The summed E-state index contributed by atoms with van der Waals surface area (Å²) in [6.45, 7) is 8.02. The van der Waals surface area contributed by atoms with Gasteiger partial charge in [0.05, 0.1) is 18.5 Å².